The van der Waals surface area contributed by atoms with Crippen LogP contribution in [0.4, 0.5) is 8.78 Å². The zero-order chi connectivity index (χ0) is 19.1. The summed E-state index contributed by atoms with van der Waals surface area (Å²) >= 11 is 0. The SMILES string of the molecule is N/N=C(/C(F)F)N(N)CC(=O)N1CCCC1C(=O)NCc1ccccc1. The standard InChI is InChI=1S/C16H22F2N6O2/c17-14(18)15(22-19)24(20)10-13(25)23-8-4-7-12(23)16(26)21-9-11-5-2-1-3-6-11/h1-3,5-6,12,14H,4,7-10,19-20H2,(H,21,26)/b22-15-. The Morgan fingerprint density at radius 2 is 2.04 bits per heavy atom. The van der Waals surface area contributed by atoms with Crippen molar-refractivity contribution < 1.29 is 18.4 Å². The fraction of sp³-hybridized carbons (Fsp3) is 0.438. The zero-order valence-electron chi connectivity index (χ0n) is 14.1. The number of alkyl halides is 2. The Bertz CT molecular complexity index is 655. The van der Waals surface area contributed by atoms with E-state index in [2.05, 4.69) is 10.4 Å². The molecule has 0 bridgehead atoms. The van der Waals surface area contributed by atoms with Crippen LogP contribution in [0.2, 0.25) is 0 Å². The van der Waals surface area contributed by atoms with Crippen molar-refractivity contribution in [3.05, 3.63) is 35.9 Å². The van der Waals surface area contributed by atoms with E-state index < -0.39 is 30.8 Å². The van der Waals surface area contributed by atoms with Gasteiger partial charge in [0.1, 0.15) is 12.6 Å². The summed E-state index contributed by atoms with van der Waals surface area (Å²) in [5.41, 5.74) is 0.936. The summed E-state index contributed by atoms with van der Waals surface area (Å²) in [6.45, 7) is 0.166. The Balaban J connectivity index is 1.93. The Morgan fingerprint density at radius 3 is 2.65 bits per heavy atom. The molecule has 0 radical (unpaired) electrons. The maximum atomic E-state index is 12.7. The van der Waals surface area contributed by atoms with Gasteiger partial charge in [0.25, 0.3) is 6.43 Å². The van der Waals surface area contributed by atoms with Crippen LogP contribution in [0.25, 0.3) is 0 Å². The first-order valence-electron chi connectivity index (χ1n) is 8.13. The van der Waals surface area contributed by atoms with Crippen molar-refractivity contribution in [2.45, 2.75) is 31.9 Å². The maximum Gasteiger partial charge on any atom is 0.298 e. The van der Waals surface area contributed by atoms with Gasteiger partial charge in [-0.3, -0.25) is 14.6 Å². The summed E-state index contributed by atoms with van der Waals surface area (Å²) in [5, 5.41) is 6.20. The van der Waals surface area contributed by atoms with Crippen molar-refractivity contribution >= 4 is 17.6 Å². The highest BCUT2D eigenvalue weighted by molar-refractivity contribution is 5.92. The van der Waals surface area contributed by atoms with Crippen LogP contribution >= 0.6 is 0 Å². The highest BCUT2D eigenvalue weighted by atomic mass is 19.3. The van der Waals surface area contributed by atoms with Gasteiger partial charge in [-0.15, -0.1) is 0 Å². The van der Waals surface area contributed by atoms with E-state index in [1.807, 2.05) is 30.3 Å². The minimum atomic E-state index is -3.00. The van der Waals surface area contributed by atoms with Crippen LogP contribution in [-0.2, 0) is 16.1 Å². The molecule has 2 amide bonds. The van der Waals surface area contributed by atoms with Gasteiger partial charge in [-0.05, 0) is 18.4 Å². The second-order valence-corrected chi connectivity index (χ2v) is 5.86. The van der Waals surface area contributed by atoms with E-state index in [9.17, 15) is 18.4 Å². The normalized spacial score (nSPS) is 17.5. The number of hydrazone groups is 1. The summed E-state index contributed by atoms with van der Waals surface area (Å²) < 4.78 is 25.4. The number of amides is 2. The molecule has 2 rings (SSSR count). The lowest BCUT2D eigenvalue weighted by atomic mass is 10.2. The Morgan fingerprint density at radius 1 is 1.35 bits per heavy atom. The molecule has 8 nitrogen and oxygen atoms in total. The number of hydrogen-bond acceptors (Lipinski definition) is 5. The van der Waals surface area contributed by atoms with Gasteiger partial charge >= 0.3 is 0 Å². The monoisotopic (exact) mass is 368 g/mol. The van der Waals surface area contributed by atoms with E-state index >= 15 is 0 Å². The molecule has 26 heavy (non-hydrogen) atoms. The minimum absolute atomic E-state index is 0.287. The zero-order valence-corrected chi connectivity index (χ0v) is 14.1. The lowest BCUT2D eigenvalue weighted by Crippen LogP contribution is -2.52. The van der Waals surface area contributed by atoms with Crippen LogP contribution in [0.15, 0.2) is 35.4 Å². The van der Waals surface area contributed by atoms with Gasteiger partial charge in [-0.25, -0.2) is 14.6 Å². The summed E-state index contributed by atoms with van der Waals surface area (Å²) in [6, 6.07) is 8.71. The number of nitrogens with one attached hydrogen (secondary N) is 1. The summed E-state index contributed by atoms with van der Waals surface area (Å²) in [6.07, 6.45) is -1.85. The third kappa shape index (κ3) is 4.88. The fourth-order valence-corrected chi connectivity index (χ4v) is 2.81. The predicted octanol–water partition coefficient (Wildman–Crippen LogP) is 0.00680. The van der Waals surface area contributed by atoms with Crippen molar-refractivity contribution in [3.8, 4) is 0 Å². The molecule has 1 aromatic rings. The van der Waals surface area contributed by atoms with Crippen LogP contribution in [0.3, 0.4) is 0 Å². The third-order valence-electron chi connectivity index (χ3n) is 4.11. The van der Waals surface area contributed by atoms with Crippen molar-refractivity contribution in [3.63, 3.8) is 0 Å². The van der Waals surface area contributed by atoms with Crippen LogP contribution in [0.1, 0.15) is 18.4 Å². The van der Waals surface area contributed by atoms with Crippen LogP contribution in [-0.4, -0.2) is 53.1 Å². The average molecular weight is 368 g/mol. The molecule has 1 fully saturated rings. The number of hydrazine groups is 1. The molecule has 1 saturated heterocycles. The number of likely N-dealkylation sites (tertiary alicyclic amines) is 1. The molecule has 5 N–H and O–H groups in total. The van der Waals surface area contributed by atoms with Gasteiger partial charge < -0.3 is 16.1 Å². The molecule has 0 aromatic heterocycles. The van der Waals surface area contributed by atoms with Gasteiger partial charge in [-0.2, -0.15) is 5.10 Å². The van der Waals surface area contributed by atoms with Crippen LogP contribution in [0.5, 0.6) is 0 Å². The van der Waals surface area contributed by atoms with Gasteiger partial charge in [0.2, 0.25) is 17.6 Å². The van der Waals surface area contributed by atoms with Gasteiger partial charge in [0.05, 0.1) is 0 Å². The Labute approximate surface area is 149 Å². The van der Waals surface area contributed by atoms with Gasteiger partial charge in [-0.1, -0.05) is 30.3 Å². The topological polar surface area (TPSA) is 117 Å². The number of amidine groups is 1. The number of hydrogen-bond donors (Lipinski definition) is 3. The smallest absolute Gasteiger partial charge is 0.298 e. The highest BCUT2D eigenvalue weighted by Crippen LogP contribution is 2.18. The highest BCUT2D eigenvalue weighted by Gasteiger charge is 2.35. The molecule has 10 heteroatoms. The van der Waals surface area contributed by atoms with E-state index in [0.29, 0.717) is 30.9 Å². The molecule has 0 aliphatic carbocycles. The van der Waals surface area contributed by atoms with Crippen molar-refractivity contribution in [2.24, 2.45) is 16.8 Å². The molecule has 1 atom stereocenters. The predicted molar refractivity (Wildman–Crippen MR) is 91.5 cm³/mol. The molecule has 1 heterocycles. The second-order valence-electron chi connectivity index (χ2n) is 5.86. The van der Waals surface area contributed by atoms with Crippen LogP contribution in [0, 0.1) is 0 Å². The first kappa shape index (κ1) is 19.6. The lowest BCUT2D eigenvalue weighted by molar-refractivity contribution is -0.138. The van der Waals surface area contributed by atoms with E-state index in [0.717, 1.165) is 5.56 Å². The first-order chi connectivity index (χ1) is 12.4. The van der Waals surface area contributed by atoms with Crippen molar-refractivity contribution in [2.75, 3.05) is 13.1 Å². The average Bonchev–Trinajstić information content (AvgIpc) is 3.10. The third-order valence-corrected chi connectivity index (χ3v) is 4.11. The number of rotatable bonds is 6. The number of nitrogens with zero attached hydrogens (tertiary/aromatic N) is 3. The van der Waals surface area contributed by atoms with E-state index in [-0.39, 0.29) is 5.91 Å². The van der Waals surface area contributed by atoms with Crippen molar-refractivity contribution in [1.82, 2.24) is 15.2 Å². The number of halogens is 2. The molecule has 1 aromatic carbocycles. The molecule has 1 aliphatic rings. The molecular weight excluding hydrogens is 346 g/mol. The molecule has 1 unspecified atom stereocenters. The van der Waals surface area contributed by atoms with Crippen LogP contribution < -0.4 is 17.0 Å². The number of carbonyl (C=O) groups is 2. The van der Waals surface area contributed by atoms with E-state index in [1.165, 1.54) is 4.90 Å². The largest absolute Gasteiger partial charge is 0.350 e. The molecule has 1 aliphatic heterocycles. The maximum absolute atomic E-state index is 12.7. The first-order valence-corrected chi connectivity index (χ1v) is 8.13. The fourth-order valence-electron chi connectivity index (χ4n) is 2.81. The molecular formula is C16H22F2N6O2. The summed E-state index contributed by atoms with van der Waals surface area (Å²) in [5.74, 6) is 8.61. The number of benzene rings is 1. The second kappa shape index (κ2) is 9.09. The molecule has 0 saturated carbocycles. The molecule has 0 spiro atoms. The Hall–Kier alpha value is -2.75. The van der Waals surface area contributed by atoms with E-state index in [1.54, 1.807) is 0 Å². The summed E-state index contributed by atoms with van der Waals surface area (Å²) in [4.78, 5) is 26.1. The molecule has 142 valence electrons. The lowest BCUT2D eigenvalue weighted by Gasteiger charge is -2.27. The summed E-state index contributed by atoms with van der Waals surface area (Å²) in [7, 11) is 0. The Kier molecular flexibility index (Phi) is 6.84. The quantitative estimate of drug-likeness (QED) is 0.283. The number of nitrogens with two attached hydrogens (primary N) is 2. The van der Waals surface area contributed by atoms with Gasteiger partial charge in [0, 0.05) is 13.1 Å². The number of carbonyl (C=O) groups excluding carboxylic acids is 2. The minimum Gasteiger partial charge on any atom is -0.350 e. The van der Waals surface area contributed by atoms with E-state index in [4.69, 9.17) is 11.7 Å². The van der Waals surface area contributed by atoms with Crippen molar-refractivity contribution in [1.29, 1.82) is 0 Å². The van der Waals surface area contributed by atoms with Gasteiger partial charge in [0.15, 0.2) is 0 Å².